The number of para-hydroxylation sites is 1. The number of ether oxygens (including phenoxy) is 1. The molecule has 0 radical (unpaired) electrons. The van der Waals surface area contributed by atoms with Crippen molar-refractivity contribution < 1.29 is 19.4 Å². The van der Waals surface area contributed by atoms with Gasteiger partial charge in [0, 0.05) is 24.3 Å². The van der Waals surface area contributed by atoms with Gasteiger partial charge < -0.3 is 25.8 Å². The summed E-state index contributed by atoms with van der Waals surface area (Å²) in [6.07, 6.45) is 6.69. The molecule has 6 rings (SSSR count). The van der Waals surface area contributed by atoms with E-state index in [-0.39, 0.29) is 23.9 Å². The fraction of sp³-hybridized carbons (Fsp3) is 0.267. The van der Waals surface area contributed by atoms with Crippen LogP contribution in [-0.4, -0.2) is 45.3 Å². The van der Waals surface area contributed by atoms with E-state index >= 15 is 0 Å². The first-order valence-electron chi connectivity index (χ1n) is 13.5. The normalized spacial score (nSPS) is 19.8. The molecular formula is C30H30N6O4S. The zero-order valence-corrected chi connectivity index (χ0v) is 23.3. The van der Waals surface area contributed by atoms with Gasteiger partial charge in [0.1, 0.15) is 15.5 Å². The molecule has 0 spiro atoms. The van der Waals surface area contributed by atoms with Gasteiger partial charge in [-0.1, -0.05) is 24.8 Å². The van der Waals surface area contributed by atoms with E-state index in [4.69, 9.17) is 4.74 Å². The number of thiophene rings is 1. The molecule has 4 N–H and O–H groups in total. The van der Waals surface area contributed by atoms with Crippen LogP contribution in [0.3, 0.4) is 0 Å². The lowest BCUT2D eigenvalue weighted by atomic mass is 9.91. The van der Waals surface area contributed by atoms with Crippen LogP contribution in [0.25, 0.3) is 10.2 Å². The van der Waals surface area contributed by atoms with Crippen LogP contribution in [0.4, 0.5) is 17.1 Å². The van der Waals surface area contributed by atoms with E-state index in [1.165, 1.54) is 17.4 Å². The van der Waals surface area contributed by atoms with Gasteiger partial charge in [0.25, 0.3) is 5.91 Å². The molecule has 0 saturated heterocycles. The van der Waals surface area contributed by atoms with Crippen LogP contribution in [0, 0.1) is 6.92 Å². The van der Waals surface area contributed by atoms with Gasteiger partial charge in [-0.3, -0.25) is 14.5 Å². The van der Waals surface area contributed by atoms with Crippen molar-refractivity contribution >= 4 is 50.4 Å². The third-order valence-corrected chi connectivity index (χ3v) is 8.47. The maximum atomic E-state index is 13.5. The first-order valence-corrected chi connectivity index (χ1v) is 14.3. The number of aromatic nitrogens is 2. The van der Waals surface area contributed by atoms with Gasteiger partial charge in [-0.2, -0.15) is 0 Å². The van der Waals surface area contributed by atoms with E-state index in [9.17, 15) is 14.7 Å². The number of aryl methyl sites for hydroxylation is 1. The number of nitrogens with one attached hydrogen (secondary N) is 3. The summed E-state index contributed by atoms with van der Waals surface area (Å²) in [6.45, 7) is 5.44. The third kappa shape index (κ3) is 5.33. The Morgan fingerprint density at radius 1 is 1.15 bits per heavy atom. The first kappa shape index (κ1) is 26.7. The Labute approximate surface area is 241 Å². The summed E-state index contributed by atoms with van der Waals surface area (Å²) in [7, 11) is 0. The van der Waals surface area contributed by atoms with Gasteiger partial charge in [-0.15, -0.1) is 11.3 Å². The summed E-state index contributed by atoms with van der Waals surface area (Å²) < 4.78 is 5.88. The number of nitrogens with zero attached hydrogens (tertiary/aromatic N) is 3. The average Bonchev–Trinajstić information content (AvgIpc) is 3.34. The molecule has 0 bridgehead atoms. The number of aliphatic hydroxyl groups excluding tert-OH is 1. The Balaban J connectivity index is 1.26. The monoisotopic (exact) mass is 570 g/mol. The number of carbonyl (C=O) groups is 2. The second-order valence-corrected chi connectivity index (χ2v) is 11.2. The van der Waals surface area contributed by atoms with E-state index in [1.54, 1.807) is 17.3 Å². The van der Waals surface area contributed by atoms with Crippen molar-refractivity contribution in [1.29, 1.82) is 0 Å². The molecule has 1 fully saturated rings. The van der Waals surface area contributed by atoms with Crippen LogP contribution < -0.4 is 25.6 Å². The molecule has 4 heterocycles. The largest absolute Gasteiger partial charge is 0.439 e. The van der Waals surface area contributed by atoms with E-state index in [0.29, 0.717) is 39.1 Å². The quantitative estimate of drug-likeness (QED) is 0.229. The molecule has 1 unspecified atom stereocenters. The summed E-state index contributed by atoms with van der Waals surface area (Å²) in [4.78, 5) is 37.1. The van der Waals surface area contributed by atoms with Gasteiger partial charge in [0.05, 0.1) is 28.6 Å². The third-order valence-electron chi connectivity index (χ3n) is 7.38. The second kappa shape index (κ2) is 11.2. The number of anilines is 3. The SMILES string of the molecule is C=CC(=O)N[C@@H]1CCC[C@@H](NC(=O)c2sc3nccc4c3c2NC(O)N4c2cnc(Oc3ccccc3)cc2C)C1. The highest BCUT2D eigenvalue weighted by Crippen LogP contribution is 2.47. The minimum atomic E-state index is -1.15. The van der Waals surface area contributed by atoms with E-state index in [0.717, 1.165) is 35.9 Å². The van der Waals surface area contributed by atoms with Gasteiger partial charge in [0.15, 0.2) is 0 Å². The molecule has 210 valence electrons. The Morgan fingerprint density at radius 3 is 2.68 bits per heavy atom. The summed E-state index contributed by atoms with van der Waals surface area (Å²) in [6, 6.07) is 13.0. The van der Waals surface area contributed by atoms with Crippen LogP contribution in [0.5, 0.6) is 11.6 Å². The fourth-order valence-electron chi connectivity index (χ4n) is 5.50. The number of aliphatic hydroxyl groups is 1. The second-order valence-electron chi connectivity index (χ2n) is 10.2. The van der Waals surface area contributed by atoms with Crippen molar-refractivity contribution in [2.45, 2.75) is 51.0 Å². The van der Waals surface area contributed by atoms with Crippen molar-refractivity contribution in [3.63, 3.8) is 0 Å². The van der Waals surface area contributed by atoms with E-state index < -0.39 is 6.35 Å². The number of pyridine rings is 2. The minimum Gasteiger partial charge on any atom is -0.439 e. The van der Waals surface area contributed by atoms with Crippen LogP contribution in [0.1, 0.15) is 40.9 Å². The summed E-state index contributed by atoms with van der Waals surface area (Å²) in [5.74, 6) is 0.687. The van der Waals surface area contributed by atoms with E-state index in [1.807, 2.05) is 49.4 Å². The highest BCUT2D eigenvalue weighted by Gasteiger charge is 2.34. The Hall–Kier alpha value is -4.48. The molecule has 1 saturated carbocycles. The highest BCUT2D eigenvalue weighted by molar-refractivity contribution is 7.21. The predicted molar refractivity (Wildman–Crippen MR) is 159 cm³/mol. The number of hydrogen-bond acceptors (Lipinski definition) is 9. The maximum absolute atomic E-state index is 13.5. The molecule has 2 amide bonds. The number of carbonyl (C=O) groups excluding carboxylic acids is 2. The zero-order chi connectivity index (χ0) is 28.5. The number of hydrogen-bond donors (Lipinski definition) is 4. The summed E-state index contributed by atoms with van der Waals surface area (Å²) >= 11 is 1.28. The molecule has 1 aromatic carbocycles. The Bertz CT molecular complexity index is 1620. The molecule has 3 atom stereocenters. The molecular weight excluding hydrogens is 540 g/mol. The molecule has 2 aliphatic rings. The molecule has 41 heavy (non-hydrogen) atoms. The molecule has 11 heteroatoms. The lowest BCUT2D eigenvalue weighted by Crippen LogP contribution is -2.45. The number of rotatable bonds is 7. The molecule has 1 aliphatic carbocycles. The van der Waals surface area contributed by atoms with Crippen molar-refractivity contribution in [2.75, 3.05) is 10.2 Å². The van der Waals surface area contributed by atoms with Crippen molar-refractivity contribution in [2.24, 2.45) is 0 Å². The molecule has 10 nitrogen and oxygen atoms in total. The number of benzene rings is 1. The van der Waals surface area contributed by atoms with Crippen LogP contribution >= 0.6 is 11.3 Å². The fourth-order valence-corrected chi connectivity index (χ4v) is 6.53. The van der Waals surface area contributed by atoms with Gasteiger partial charge in [0.2, 0.25) is 18.1 Å². The Morgan fingerprint density at radius 2 is 1.93 bits per heavy atom. The summed E-state index contributed by atoms with van der Waals surface area (Å²) in [5.41, 5.74) is 2.81. The standard InChI is InChI=1S/C30H30N6O4S/c1-3-23(37)33-18-8-7-9-19(15-18)34-28(38)27-26-25-21(12-13-31-29(25)41-27)36(30(39)35-26)22-16-32-24(14-17(22)2)40-20-10-5-4-6-11-20/h3-6,10-14,16,18-19,30,35,39H,1,7-9,15H2,2H3,(H,33,37)(H,34,38)/t18-,19-,30?/m1/s1. The van der Waals surface area contributed by atoms with Crippen molar-refractivity contribution in [3.05, 3.63) is 78.0 Å². The number of amides is 2. The first-order chi connectivity index (χ1) is 19.9. The van der Waals surface area contributed by atoms with E-state index in [2.05, 4.69) is 32.5 Å². The average molecular weight is 571 g/mol. The van der Waals surface area contributed by atoms with Crippen molar-refractivity contribution in [1.82, 2.24) is 20.6 Å². The molecule has 3 aromatic heterocycles. The maximum Gasteiger partial charge on any atom is 0.263 e. The molecule has 1 aliphatic heterocycles. The van der Waals surface area contributed by atoms with Gasteiger partial charge >= 0.3 is 0 Å². The van der Waals surface area contributed by atoms with Crippen LogP contribution in [0.15, 0.2) is 67.5 Å². The summed E-state index contributed by atoms with van der Waals surface area (Å²) in [5, 5.41) is 21.3. The lowest BCUT2D eigenvalue weighted by Gasteiger charge is -2.36. The van der Waals surface area contributed by atoms with Gasteiger partial charge in [-0.05, 0) is 62.4 Å². The molecule has 4 aromatic rings. The lowest BCUT2D eigenvalue weighted by molar-refractivity contribution is -0.117. The van der Waals surface area contributed by atoms with Crippen LogP contribution in [0.2, 0.25) is 0 Å². The zero-order valence-electron chi connectivity index (χ0n) is 22.5. The van der Waals surface area contributed by atoms with Gasteiger partial charge in [-0.25, -0.2) is 9.97 Å². The predicted octanol–water partition coefficient (Wildman–Crippen LogP) is 4.97. The Kier molecular flexibility index (Phi) is 7.29. The highest BCUT2D eigenvalue weighted by atomic mass is 32.1. The van der Waals surface area contributed by atoms with Crippen LogP contribution in [-0.2, 0) is 4.79 Å². The minimum absolute atomic E-state index is 0.0107. The van der Waals surface area contributed by atoms with Crippen molar-refractivity contribution in [3.8, 4) is 11.6 Å². The smallest absolute Gasteiger partial charge is 0.263 e. The topological polar surface area (TPSA) is 129 Å².